The predicted octanol–water partition coefficient (Wildman–Crippen LogP) is 16.1. The standard InChI is InChI=1S/C54H105NO5/c1-4-7-10-13-16-19-22-25-26-29-32-35-38-41-44-47-54(59)60-50(45-42-39-36-33-30-27-23-20-17-14-11-8-5-2)48-53(58)55-51(49-56)52(57)46-43-40-37-34-31-28-24-21-18-15-12-9-6-3/h19,22,50-52,56-57H,4-18,20-21,23-49H2,1-3H3,(H,55,58)/b22-19-. The van der Waals surface area contributed by atoms with Crippen molar-refractivity contribution >= 4 is 11.9 Å². The molecule has 6 heteroatoms. The molecule has 60 heavy (non-hydrogen) atoms. The van der Waals surface area contributed by atoms with Gasteiger partial charge in [0.1, 0.15) is 6.10 Å². The van der Waals surface area contributed by atoms with Gasteiger partial charge in [-0.25, -0.2) is 0 Å². The number of amides is 1. The van der Waals surface area contributed by atoms with E-state index in [4.69, 9.17) is 4.74 Å². The van der Waals surface area contributed by atoms with Gasteiger partial charge in [-0.1, -0.05) is 245 Å². The lowest BCUT2D eigenvalue weighted by molar-refractivity contribution is -0.151. The summed E-state index contributed by atoms with van der Waals surface area (Å²) >= 11 is 0. The Morgan fingerprint density at radius 2 is 0.800 bits per heavy atom. The van der Waals surface area contributed by atoms with E-state index in [1.807, 2.05) is 0 Å². The van der Waals surface area contributed by atoms with Gasteiger partial charge in [-0.3, -0.25) is 9.59 Å². The van der Waals surface area contributed by atoms with Crippen molar-refractivity contribution in [3.8, 4) is 0 Å². The fraction of sp³-hybridized carbons (Fsp3) is 0.926. The van der Waals surface area contributed by atoms with Crippen LogP contribution in [-0.4, -0.2) is 46.9 Å². The minimum absolute atomic E-state index is 0.0833. The molecule has 0 heterocycles. The summed E-state index contributed by atoms with van der Waals surface area (Å²) in [5, 5.41) is 23.8. The molecular formula is C54H105NO5. The van der Waals surface area contributed by atoms with Crippen LogP contribution in [0.4, 0.5) is 0 Å². The lowest BCUT2D eigenvalue weighted by atomic mass is 10.0. The SMILES string of the molecule is CCCCCC/C=C\CCCCCCCCCC(=O)OC(CCCCCCCCCCCCCCC)CC(=O)NC(CO)C(O)CCCCCCCCCCCCCCC. The van der Waals surface area contributed by atoms with Crippen LogP contribution < -0.4 is 5.32 Å². The van der Waals surface area contributed by atoms with Crippen LogP contribution in [0.1, 0.15) is 297 Å². The Labute approximate surface area is 374 Å². The summed E-state index contributed by atoms with van der Waals surface area (Å²) < 4.78 is 5.94. The second kappa shape index (κ2) is 48.6. The second-order valence-corrected chi connectivity index (χ2v) is 18.6. The van der Waals surface area contributed by atoms with E-state index in [0.29, 0.717) is 19.3 Å². The van der Waals surface area contributed by atoms with Crippen molar-refractivity contribution < 1.29 is 24.5 Å². The maximum atomic E-state index is 13.2. The molecule has 0 bridgehead atoms. The number of allylic oxidation sites excluding steroid dienone is 2. The van der Waals surface area contributed by atoms with Gasteiger partial charge in [0.25, 0.3) is 0 Å². The van der Waals surface area contributed by atoms with Crippen LogP contribution in [0.25, 0.3) is 0 Å². The summed E-state index contributed by atoms with van der Waals surface area (Å²) in [6, 6.07) is -0.695. The zero-order valence-corrected chi connectivity index (χ0v) is 40.6. The number of carbonyl (C=O) groups is 2. The van der Waals surface area contributed by atoms with Crippen molar-refractivity contribution in [1.29, 1.82) is 0 Å². The first-order valence-corrected chi connectivity index (χ1v) is 26.9. The highest BCUT2D eigenvalue weighted by Gasteiger charge is 2.24. The summed E-state index contributed by atoms with van der Waals surface area (Å²) in [6.45, 7) is 6.50. The average Bonchev–Trinajstić information content (AvgIpc) is 3.24. The van der Waals surface area contributed by atoms with Crippen molar-refractivity contribution in [3.63, 3.8) is 0 Å². The molecule has 0 aliphatic carbocycles. The third-order valence-electron chi connectivity index (χ3n) is 12.6. The molecule has 356 valence electrons. The molecule has 0 radical (unpaired) electrons. The molecule has 3 atom stereocenters. The molecule has 0 aromatic rings. The minimum atomic E-state index is -0.782. The summed E-state index contributed by atoms with van der Waals surface area (Å²) in [5.41, 5.74) is 0. The van der Waals surface area contributed by atoms with Crippen LogP contribution in [0.3, 0.4) is 0 Å². The van der Waals surface area contributed by atoms with Crippen molar-refractivity contribution in [1.82, 2.24) is 5.32 Å². The van der Waals surface area contributed by atoms with Gasteiger partial charge in [-0.05, 0) is 51.4 Å². The van der Waals surface area contributed by atoms with Crippen LogP contribution in [-0.2, 0) is 14.3 Å². The molecule has 3 N–H and O–H groups in total. The normalized spacial score (nSPS) is 13.2. The van der Waals surface area contributed by atoms with Gasteiger partial charge in [-0.2, -0.15) is 0 Å². The van der Waals surface area contributed by atoms with E-state index >= 15 is 0 Å². The van der Waals surface area contributed by atoms with E-state index in [2.05, 4.69) is 38.2 Å². The fourth-order valence-electron chi connectivity index (χ4n) is 8.49. The van der Waals surface area contributed by atoms with E-state index < -0.39 is 18.2 Å². The molecule has 0 aromatic carbocycles. The molecule has 1 amide bonds. The van der Waals surface area contributed by atoms with Crippen LogP contribution in [0.2, 0.25) is 0 Å². The van der Waals surface area contributed by atoms with E-state index in [1.54, 1.807) is 0 Å². The lowest BCUT2D eigenvalue weighted by Crippen LogP contribution is -2.46. The number of aliphatic hydroxyl groups excluding tert-OH is 2. The quantitative estimate of drug-likeness (QED) is 0.0322. The number of hydrogen-bond acceptors (Lipinski definition) is 5. The molecule has 3 unspecified atom stereocenters. The van der Waals surface area contributed by atoms with Crippen LogP contribution >= 0.6 is 0 Å². The van der Waals surface area contributed by atoms with Crippen LogP contribution in [0.5, 0.6) is 0 Å². The van der Waals surface area contributed by atoms with E-state index in [0.717, 1.165) is 44.9 Å². The Balaban J connectivity index is 4.52. The first-order valence-electron chi connectivity index (χ1n) is 26.9. The molecule has 0 spiro atoms. The Bertz CT molecular complexity index is 909. The predicted molar refractivity (Wildman–Crippen MR) is 260 cm³/mol. The Hall–Kier alpha value is -1.40. The molecular weight excluding hydrogens is 743 g/mol. The highest BCUT2D eigenvalue weighted by atomic mass is 16.5. The smallest absolute Gasteiger partial charge is 0.306 e. The van der Waals surface area contributed by atoms with E-state index in [9.17, 15) is 19.8 Å². The zero-order chi connectivity index (χ0) is 43.8. The maximum absolute atomic E-state index is 13.2. The first kappa shape index (κ1) is 58.6. The Kier molecular flexibility index (Phi) is 47.5. The summed E-state index contributed by atoms with van der Waals surface area (Å²) in [5.74, 6) is -0.460. The number of ether oxygens (including phenoxy) is 1. The van der Waals surface area contributed by atoms with Gasteiger partial charge in [0.05, 0.1) is 25.2 Å². The van der Waals surface area contributed by atoms with Gasteiger partial charge in [0.2, 0.25) is 5.91 Å². The van der Waals surface area contributed by atoms with E-state index in [-0.39, 0.29) is 24.9 Å². The largest absolute Gasteiger partial charge is 0.462 e. The molecule has 0 rings (SSSR count). The number of carbonyl (C=O) groups excluding carboxylic acids is 2. The highest BCUT2D eigenvalue weighted by molar-refractivity contribution is 5.77. The van der Waals surface area contributed by atoms with E-state index in [1.165, 1.54) is 205 Å². The molecule has 6 nitrogen and oxygen atoms in total. The van der Waals surface area contributed by atoms with Crippen molar-refractivity contribution in [3.05, 3.63) is 12.2 Å². The number of hydrogen-bond donors (Lipinski definition) is 3. The summed E-state index contributed by atoms with van der Waals surface area (Å²) in [6.07, 6.45) is 54.1. The molecule has 0 saturated heterocycles. The fourth-order valence-corrected chi connectivity index (χ4v) is 8.49. The molecule has 0 fully saturated rings. The monoisotopic (exact) mass is 848 g/mol. The van der Waals surface area contributed by atoms with Crippen molar-refractivity contribution in [2.45, 2.75) is 315 Å². The first-order chi connectivity index (χ1) is 29.5. The van der Waals surface area contributed by atoms with Crippen molar-refractivity contribution in [2.24, 2.45) is 0 Å². The number of rotatable bonds is 49. The maximum Gasteiger partial charge on any atom is 0.306 e. The number of unbranched alkanes of at least 4 members (excludes halogenated alkanes) is 35. The molecule has 0 aliphatic heterocycles. The third-order valence-corrected chi connectivity index (χ3v) is 12.6. The van der Waals surface area contributed by atoms with Crippen LogP contribution in [0, 0.1) is 0 Å². The molecule has 0 aliphatic rings. The Morgan fingerprint density at radius 1 is 0.467 bits per heavy atom. The lowest BCUT2D eigenvalue weighted by Gasteiger charge is -2.24. The zero-order valence-electron chi connectivity index (χ0n) is 40.6. The topological polar surface area (TPSA) is 95.9 Å². The minimum Gasteiger partial charge on any atom is -0.462 e. The summed E-state index contributed by atoms with van der Waals surface area (Å²) in [4.78, 5) is 26.2. The van der Waals surface area contributed by atoms with Gasteiger partial charge in [0.15, 0.2) is 0 Å². The van der Waals surface area contributed by atoms with Crippen molar-refractivity contribution in [2.75, 3.05) is 6.61 Å². The van der Waals surface area contributed by atoms with Gasteiger partial charge >= 0.3 is 5.97 Å². The molecule has 0 saturated carbocycles. The average molecular weight is 848 g/mol. The second-order valence-electron chi connectivity index (χ2n) is 18.6. The summed E-state index contributed by atoms with van der Waals surface area (Å²) in [7, 11) is 0. The third kappa shape index (κ3) is 43.3. The number of aliphatic hydroxyl groups is 2. The number of esters is 1. The Morgan fingerprint density at radius 3 is 1.20 bits per heavy atom. The van der Waals surface area contributed by atoms with Crippen LogP contribution in [0.15, 0.2) is 12.2 Å². The highest BCUT2D eigenvalue weighted by Crippen LogP contribution is 2.19. The molecule has 0 aromatic heterocycles. The van der Waals surface area contributed by atoms with Gasteiger partial charge < -0.3 is 20.3 Å². The van der Waals surface area contributed by atoms with Gasteiger partial charge in [0, 0.05) is 6.42 Å². The number of nitrogens with one attached hydrogen (secondary N) is 1. The van der Waals surface area contributed by atoms with Gasteiger partial charge in [-0.15, -0.1) is 0 Å².